The molecule has 0 unspecified atom stereocenters. The van der Waals surface area contributed by atoms with E-state index in [0.29, 0.717) is 5.56 Å². The summed E-state index contributed by atoms with van der Waals surface area (Å²) in [6.07, 6.45) is 0. The summed E-state index contributed by atoms with van der Waals surface area (Å²) in [5, 5.41) is 2.45. The first kappa shape index (κ1) is 17.1. The third-order valence-corrected chi connectivity index (χ3v) is 4.76. The second-order valence-corrected chi connectivity index (χ2v) is 6.68. The topological polar surface area (TPSA) is 75.3 Å². The van der Waals surface area contributed by atoms with Crippen molar-refractivity contribution in [3.8, 4) is 0 Å². The van der Waals surface area contributed by atoms with Gasteiger partial charge >= 0.3 is 0 Å². The van der Waals surface area contributed by atoms with Crippen LogP contribution in [0.3, 0.4) is 0 Å². The van der Waals surface area contributed by atoms with E-state index in [2.05, 4.69) is 10.0 Å². The molecular weight excluding hydrogens is 319 g/mol. The number of hydrogen-bond acceptors (Lipinski definition) is 3. The molecule has 0 spiro atoms. The van der Waals surface area contributed by atoms with Crippen LogP contribution in [0.4, 0.5) is 10.1 Å². The highest BCUT2D eigenvalue weighted by Crippen LogP contribution is 2.19. The minimum atomic E-state index is -3.67. The first-order valence-electron chi connectivity index (χ1n) is 7.01. The quantitative estimate of drug-likeness (QED) is 0.881. The Labute approximate surface area is 134 Å². The van der Waals surface area contributed by atoms with Crippen molar-refractivity contribution in [3.63, 3.8) is 0 Å². The standard InChI is InChI=1S/C16H17FN2O3S/c1-3-18-23(21,22)12-9-8-11(2)13(10-12)16(20)19-15-7-5-4-6-14(15)17/h4-10,18H,3H2,1-2H3,(H,19,20). The molecule has 23 heavy (non-hydrogen) atoms. The van der Waals surface area contributed by atoms with Gasteiger partial charge in [0.1, 0.15) is 5.82 Å². The zero-order valence-electron chi connectivity index (χ0n) is 12.8. The first-order valence-corrected chi connectivity index (χ1v) is 8.49. The van der Waals surface area contributed by atoms with E-state index in [1.54, 1.807) is 26.0 Å². The molecule has 0 heterocycles. The fraction of sp³-hybridized carbons (Fsp3) is 0.188. The molecule has 5 nitrogen and oxygen atoms in total. The van der Waals surface area contributed by atoms with E-state index in [1.165, 1.54) is 30.3 Å². The number of carbonyl (C=O) groups is 1. The van der Waals surface area contributed by atoms with Gasteiger partial charge in [0, 0.05) is 12.1 Å². The highest BCUT2D eigenvalue weighted by molar-refractivity contribution is 7.89. The molecule has 0 aliphatic carbocycles. The van der Waals surface area contributed by atoms with Crippen molar-refractivity contribution in [2.75, 3.05) is 11.9 Å². The van der Waals surface area contributed by atoms with Crippen LogP contribution in [0.25, 0.3) is 0 Å². The fourth-order valence-electron chi connectivity index (χ4n) is 2.04. The Morgan fingerprint density at radius 3 is 2.52 bits per heavy atom. The van der Waals surface area contributed by atoms with Crippen molar-refractivity contribution in [2.45, 2.75) is 18.7 Å². The van der Waals surface area contributed by atoms with Crippen molar-refractivity contribution >= 4 is 21.6 Å². The van der Waals surface area contributed by atoms with Crippen molar-refractivity contribution in [3.05, 3.63) is 59.4 Å². The van der Waals surface area contributed by atoms with Crippen molar-refractivity contribution in [2.24, 2.45) is 0 Å². The van der Waals surface area contributed by atoms with Crippen LogP contribution < -0.4 is 10.0 Å². The predicted octanol–water partition coefficient (Wildman–Crippen LogP) is 2.68. The van der Waals surface area contributed by atoms with E-state index in [1.807, 2.05) is 0 Å². The monoisotopic (exact) mass is 336 g/mol. The van der Waals surface area contributed by atoms with Crippen molar-refractivity contribution in [1.82, 2.24) is 4.72 Å². The number of aryl methyl sites for hydroxylation is 1. The van der Waals surface area contributed by atoms with E-state index < -0.39 is 21.7 Å². The van der Waals surface area contributed by atoms with Gasteiger partial charge in [0.25, 0.3) is 5.91 Å². The fourth-order valence-corrected chi connectivity index (χ4v) is 3.11. The number of hydrogen-bond donors (Lipinski definition) is 2. The van der Waals surface area contributed by atoms with E-state index >= 15 is 0 Å². The molecule has 122 valence electrons. The number of anilines is 1. The average Bonchev–Trinajstić information content (AvgIpc) is 2.49. The van der Waals surface area contributed by atoms with Crippen LogP contribution in [0.15, 0.2) is 47.4 Å². The largest absolute Gasteiger partial charge is 0.319 e. The van der Waals surface area contributed by atoms with Gasteiger partial charge in [-0.25, -0.2) is 17.5 Å². The van der Waals surface area contributed by atoms with Crippen molar-refractivity contribution in [1.29, 1.82) is 0 Å². The smallest absolute Gasteiger partial charge is 0.256 e. The molecule has 2 N–H and O–H groups in total. The maximum atomic E-state index is 13.6. The summed E-state index contributed by atoms with van der Waals surface area (Å²) < 4.78 is 40.0. The SMILES string of the molecule is CCNS(=O)(=O)c1ccc(C)c(C(=O)Nc2ccccc2F)c1. The molecule has 0 aromatic heterocycles. The van der Waals surface area contributed by atoms with Gasteiger partial charge < -0.3 is 5.32 Å². The Hall–Kier alpha value is -2.25. The van der Waals surface area contributed by atoms with Crippen LogP contribution in [0, 0.1) is 12.7 Å². The summed E-state index contributed by atoms with van der Waals surface area (Å²) in [7, 11) is -3.67. The molecule has 0 atom stereocenters. The molecule has 2 rings (SSSR count). The zero-order valence-corrected chi connectivity index (χ0v) is 13.6. The Morgan fingerprint density at radius 2 is 1.87 bits per heavy atom. The highest BCUT2D eigenvalue weighted by atomic mass is 32.2. The van der Waals surface area contributed by atoms with Crippen LogP contribution >= 0.6 is 0 Å². The van der Waals surface area contributed by atoms with Crippen LogP contribution in [-0.2, 0) is 10.0 Å². The lowest BCUT2D eigenvalue weighted by molar-refractivity contribution is 0.102. The van der Waals surface area contributed by atoms with Gasteiger partial charge in [-0.1, -0.05) is 25.1 Å². The first-order chi connectivity index (χ1) is 10.8. The third kappa shape index (κ3) is 3.94. The van der Waals surface area contributed by atoms with Gasteiger partial charge in [-0.05, 0) is 36.8 Å². The van der Waals surface area contributed by atoms with Gasteiger partial charge in [-0.3, -0.25) is 4.79 Å². The Kier molecular flexibility index (Phi) is 5.12. The molecule has 1 amide bonds. The number of sulfonamides is 1. The number of carbonyl (C=O) groups excluding carboxylic acids is 1. The molecule has 0 saturated carbocycles. The normalized spacial score (nSPS) is 11.3. The number of rotatable bonds is 5. The summed E-state index contributed by atoms with van der Waals surface area (Å²) in [6, 6.07) is 10.0. The maximum absolute atomic E-state index is 13.6. The molecule has 0 saturated heterocycles. The van der Waals surface area contributed by atoms with E-state index in [4.69, 9.17) is 0 Å². The average molecular weight is 336 g/mol. The number of para-hydroxylation sites is 1. The molecule has 7 heteroatoms. The van der Waals surface area contributed by atoms with Crippen LogP contribution in [0.2, 0.25) is 0 Å². The van der Waals surface area contributed by atoms with E-state index in [0.717, 1.165) is 0 Å². The summed E-state index contributed by atoms with van der Waals surface area (Å²) in [5.41, 5.74) is 0.804. The lowest BCUT2D eigenvalue weighted by Crippen LogP contribution is -2.24. The van der Waals surface area contributed by atoms with Gasteiger partial charge in [-0.2, -0.15) is 0 Å². The van der Waals surface area contributed by atoms with Gasteiger partial charge in [-0.15, -0.1) is 0 Å². The number of benzene rings is 2. The minimum Gasteiger partial charge on any atom is -0.319 e. The van der Waals surface area contributed by atoms with E-state index in [-0.39, 0.29) is 22.7 Å². The second kappa shape index (κ2) is 6.89. The lowest BCUT2D eigenvalue weighted by Gasteiger charge is -2.11. The Balaban J connectivity index is 2.36. The van der Waals surface area contributed by atoms with Crippen LogP contribution in [-0.4, -0.2) is 20.9 Å². The maximum Gasteiger partial charge on any atom is 0.256 e. The van der Waals surface area contributed by atoms with Crippen molar-refractivity contribution < 1.29 is 17.6 Å². The summed E-state index contributed by atoms with van der Waals surface area (Å²) in [6.45, 7) is 3.59. The minimum absolute atomic E-state index is 0.0105. The van der Waals surface area contributed by atoms with Gasteiger partial charge in [0.2, 0.25) is 10.0 Å². The summed E-state index contributed by atoms with van der Waals surface area (Å²) >= 11 is 0. The molecule has 2 aromatic rings. The summed E-state index contributed by atoms with van der Waals surface area (Å²) in [5.74, 6) is -1.13. The molecule has 0 aliphatic heterocycles. The molecular formula is C16H17FN2O3S. The number of amides is 1. The lowest BCUT2D eigenvalue weighted by atomic mass is 10.1. The third-order valence-electron chi connectivity index (χ3n) is 3.22. The second-order valence-electron chi connectivity index (χ2n) is 4.91. The molecule has 0 aliphatic rings. The Bertz CT molecular complexity index is 835. The molecule has 0 radical (unpaired) electrons. The number of nitrogens with one attached hydrogen (secondary N) is 2. The van der Waals surface area contributed by atoms with Gasteiger partial charge in [0.15, 0.2) is 0 Å². The number of halogens is 1. The van der Waals surface area contributed by atoms with Crippen LogP contribution in [0.5, 0.6) is 0 Å². The van der Waals surface area contributed by atoms with Crippen LogP contribution in [0.1, 0.15) is 22.8 Å². The molecule has 0 fully saturated rings. The molecule has 0 bridgehead atoms. The van der Waals surface area contributed by atoms with Gasteiger partial charge in [0.05, 0.1) is 10.6 Å². The predicted molar refractivity (Wildman–Crippen MR) is 86.4 cm³/mol. The van der Waals surface area contributed by atoms with E-state index in [9.17, 15) is 17.6 Å². The zero-order chi connectivity index (χ0) is 17.0. The summed E-state index contributed by atoms with van der Waals surface area (Å²) in [4.78, 5) is 12.3. The molecule has 2 aromatic carbocycles. The Morgan fingerprint density at radius 1 is 1.17 bits per heavy atom. The highest BCUT2D eigenvalue weighted by Gasteiger charge is 2.18.